The molecule has 1 radical (unpaired) electrons. The lowest BCUT2D eigenvalue weighted by atomic mass is 10.0. The second-order valence-electron chi connectivity index (χ2n) is 2.50. The fourth-order valence-corrected chi connectivity index (χ4v) is 0.960. The quantitative estimate of drug-likeness (QED) is 0.359. The van der Waals surface area contributed by atoms with Gasteiger partial charge in [0.05, 0.1) is 6.61 Å². The minimum Gasteiger partial charge on any atom is -0.388 e. The average molecular weight is 163 g/mol. The summed E-state index contributed by atoms with van der Waals surface area (Å²) in [5.41, 5.74) is 0. The molecular formula is C6H11O5. The Morgan fingerprint density at radius 1 is 1.18 bits per heavy atom. The fourth-order valence-electron chi connectivity index (χ4n) is 0.960. The molecule has 65 valence electrons. The molecule has 0 bridgehead atoms. The van der Waals surface area contributed by atoms with E-state index in [2.05, 4.69) is 0 Å². The van der Waals surface area contributed by atoms with Gasteiger partial charge >= 0.3 is 0 Å². The van der Waals surface area contributed by atoms with Crippen LogP contribution in [-0.4, -0.2) is 51.4 Å². The van der Waals surface area contributed by atoms with Gasteiger partial charge < -0.3 is 25.2 Å². The van der Waals surface area contributed by atoms with Gasteiger partial charge in [-0.15, -0.1) is 0 Å². The topological polar surface area (TPSA) is 90.2 Å². The van der Waals surface area contributed by atoms with Gasteiger partial charge in [-0.05, 0) is 0 Å². The van der Waals surface area contributed by atoms with Crippen molar-refractivity contribution in [2.24, 2.45) is 0 Å². The number of hydrogen-bond donors (Lipinski definition) is 4. The Labute approximate surface area is 63.8 Å². The van der Waals surface area contributed by atoms with Crippen molar-refractivity contribution in [1.29, 1.82) is 0 Å². The maximum absolute atomic E-state index is 9.08. The molecule has 0 saturated carbocycles. The number of hydrogen-bond acceptors (Lipinski definition) is 5. The molecule has 1 rings (SSSR count). The van der Waals surface area contributed by atoms with Crippen molar-refractivity contribution in [1.82, 2.24) is 0 Å². The summed E-state index contributed by atoms with van der Waals surface area (Å²) >= 11 is 0. The lowest BCUT2D eigenvalue weighted by molar-refractivity contribution is -0.185. The molecular weight excluding hydrogens is 152 g/mol. The van der Waals surface area contributed by atoms with Crippen LogP contribution in [0.5, 0.6) is 0 Å². The summed E-state index contributed by atoms with van der Waals surface area (Å²) in [5.74, 6) is 0. The van der Waals surface area contributed by atoms with Crippen molar-refractivity contribution in [3.8, 4) is 0 Å². The van der Waals surface area contributed by atoms with Crippen molar-refractivity contribution in [2.75, 3.05) is 6.61 Å². The molecule has 0 aliphatic carbocycles. The predicted octanol–water partition coefficient (Wildman–Crippen LogP) is -2.00. The molecule has 1 saturated heterocycles. The minimum atomic E-state index is -1.26. The van der Waals surface area contributed by atoms with Crippen molar-refractivity contribution < 1.29 is 25.2 Å². The van der Waals surface area contributed by atoms with Crippen molar-refractivity contribution >= 4 is 0 Å². The normalized spacial score (nSPS) is 45.8. The van der Waals surface area contributed by atoms with Gasteiger partial charge in [-0.3, -0.25) is 0 Å². The molecule has 0 amide bonds. The monoisotopic (exact) mass is 163 g/mol. The van der Waals surface area contributed by atoms with Crippen LogP contribution in [0.1, 0.15) is 0 Å². The van der Waals surface area contributed by atoms with Crippen molar-refractivity contribution in [3.63, 3.8) is 0 Å². The zero-order chi connectivity index (χ0) is 8.43. The van der Waals surface area contributed by atoms with Gasteiger partial charge in [0.25, 0.3) is 0 Å². The second-order valence-corrected chi connectivity index (χ2v) is 2.50. The van der Waals surface area contributed by atoms with Gasteiger partial charge in [0.15, 0.2) is 0 Å². The molecule has 0 aromatic heterocycles. The maximum Gasteiger partial charge on any atom is 0.115 e. The zero-order valence-electron chi connectivity index (χ0n) is 5.79. The van der Waals surface area contributed by atoms with E-state index in [-0.39, 0.29) is 6.61 Å². The van der Waals surface area contributed by atoms with E-state index in [0.29, 0.717) is 6.61 Å². The number of ether oxygens (including phenoxy) is 1. The van der Waals surface area contributed by atoms with Crippen LogP contribution in [0, 0.1) is 6.61 Å². The average Bonchev–Trinajstić information content (AvgIpc) is 2.01. The Balaban J connectivity index is 2.52. The third-order valence-electron chi connectivity index (χ3n) is 1.69. The van der Waals surface area contributed by atoms with Crippen LogP contribution >= 0.6 is 0 Å². The van der Waals surface area contributed by atoms with Crippen LogP contribution in [0.4, 0.5) is 0 Å². The first kappa shape index (κ1) is 8.89. The van der Waals surface area contributed by atoms with E-state index in [9.17, 15) is 0 Å². The molecule has 0 unspecified atom stereocenters. The van der Waals surface area contributed by atoms with E-state index in [0.717, 1.165) is 0 Å². The van der Waals surface area contributed by atoms with Gasteiger partial charge in [0.1, 0.15) is 31.0 Å². The Kier molecular flexibility index (Phi) is 2.80. The molecule has 0 aromatic carbocycles. The van der Waals surface area contributed by atoms with Crippen LogP contribution in [0.15, 0.2) is 0 Å². The Hall–Kier alpha value is -0.200. The van der Waals surface area contributed by atoms with Crippen LogP contribution in [0.2, 0.25) is 0 Å². The Bertz CT molecular complexity index is 126. The molecule has 11 heavy (non-hydrogen) atoms. The number of rotatable bonds is 1. The first-order valence-electron chi connectivity index (χ1n) is 3.30. The fraction of sp³-hybridized carbons (Fsp3) is 0.833. The largest absolute Gasteiger partial charge is 0.388 e. The molecule has 1 fully saturated rings. The summed E-state index contributed by atoms with van der Waals surface area (Å²) in [6.07, 6.45) is -4.50. The third kappa shape index (κ3) is 1.69. The van der Waals surface area contributed by atoms with E-state index < -0.39 is 24.4 Å². The Morgan fingerprint density at radius 3 is 2.36 bits per heavy atom. The maximum atomic E-state index is 9.08. The highest BCUT2D eigenvalue weighted by atomic mass is 16.5. The van der Waals surface area contributed by atoms with Gasteiger partial charge in [-0.25, -0.2) is 0 Å². The van der Waals surface area contributed by atoms with E-state index in [1.54, 1.807) is 0 Å². The van der Waals surface area contributed by atoms with Crippen LogP contribution < -0.4 is 0 Å². The molecule has 5 heteroatoms. The van der Waals surface area contributed by atoms with Gasteiger partial charge in [-0.2, -0.15) is 0 Å². The highest BCUT2D eigenvalue weighted by Crippen LogP contribution is 2.16. The van der Waals surface area contributed by atoms with E-state index in [4.69, 9.17) is 25.2 Å². The van der Waals surface area contributed by atoms with Crippen molar-refractivity contribution in [2.45, 2.75) is 24.4 Å². The third-order valence-corrected chi connectivity index (χ3v) is 1.69. The van der Waals surface area contributed by atoms with Gasteiger partial charge in [0, 0.05) is 0 Å². The first-order valence-corrected chi connectivity index (χ1v) is 3.30. The molecule has 4 N–H and O–H groups in total. The first-order chi connectivity index (χ1) is 5.16. The number of aliphatic hydroxyl groups excluding tert-OH is 4. The zero-order valence-corrected chi connectivity index (χ0v) is 5.79. The lowest BCUT2D eigenvalue weighted by Gasteiger charge is -2.33. The summed E-state index contributed by atoms with van der Waals surface area (Å²) < 4.78 is 4.76. The molecule has 1 heterocycles. The molecule has 1 aliphatic heterocycles. The van der Waals surface area contributed by atoms with E-state index >= 15 is 0 Å². The summed E-state index contributed by atoms with van der Waals surface area (Å²) in [6, 6.07) is 0. The Morgan fingerprint density at radius 2 is 1.82 bits per heavy atom. The van der Waals surface area contributed by atoms with Crippen LogP contribution in [0.25, 0.3) is 0 Å². The minimum absolute atomic E-state index is 0.0834. The smallest absolute Gasteiger partial charge is 0.115 e. The summed E-state index contributed by atoms with van der Waals surface area (Å²) in [7, 11) is 0. The molecule has 1 aliphatic rings. The molecule has 4 atom stereocenters. The second kappa shape index (κ2) is 3.46. The van der Waals surface area contributed by atoms with E-state index in [1.807, 2.05) is 0 Å². The predicted molar refractivity (Wildman–Crippen MR) is 34.0 cm³/mol. The summed E-state index contributed by atoms with van der Waals surface area (Å²) in [5, 5.41) is 35.5. The van der Waals surface area contributed by atoms with Crippen LogP contribution in [0.3, 0.4) is 0 Å². The molecule has 0 spiro atoms. The standard InChI is InChI=1S/C6H11O5/c7-1-4-6(10)5(9)3(8)2-11-4/h1,3-10H,2H2/t3-,4+,5+,6+/m0/s1. The van der Waals surface area contributed by atoms with Gasteiger partial charge in [0.2, 0.25) is 0 Å². The van der Waals surface area contributed by atoms with Crippen LogP contribution in [-0.2, 0) is 4.74 Å². The van der Waals surface area contributed by atoms with Gasteiger partial charge in [-0.1, -0.05) is 0 Å². The molecule has 5 nitrogen and oxygen atoms in total. The SMILES string of the molecule is O[CH][C@H]1OC[C@H](O)[C@@H](O)[C@@H]1O. The number of aliphatic hydroxyl groups is 4. The van der Waals surface area contributed by atoms with Crippen molar-refractivity contribution in [3.05, 3.63) is 6.61 Å². The highest BCUT2D eigenvalue weighted by molar-refractivity contribution is 4.89. The summed E-state index contributed by atoms with van der Waals surface area (Å²) in [6.45, 7) is 0.569. The lowest BCUT2D eigenvalue weighted by Crippen LogP contribution is -2.52. The molecule has 0 aromatic rings. The van der Waals surface area contributed by atoms with E-state index in [1.165, 1.54) is 0 Å². The summed E-state index contributed by atoms with van der Waals surface area (Å²) in [4.78, 5) is 0. The highest BCUT2D eigenvalue weighted by Gasteiger charge is 2.37.